The minimum atomic E-state index is -0.548. The molecule has 156 valence electrons. The van der Waals surface area contributed by atoms with E-state index in [1.807, 2.05) is 12.3 Å². The number of hydrogen-bond acceptors (Lipinski definition) is 8. The van der Waals surface area contributed by atoms with Crippen LogP contribution in [-0.2, 0) is 13.2 Å². The molecule has 0 radical (unpaired) electrons. The molecular formula is C20H16FN7O2S. The van der Waals surface area contributed by atoms with E-state index in [1.54, 1.807) is 12.1 Å². The highest BCUT2D eigenvalue weighted by Gasteiger charge is 2.21. The summed E-state index contributed by atoms with van der Waals surface area (Å²) < 4.78 is 17.4. The largest absolute Gasteiger partial charge is 0.390 e. The Morgan fingerprint density at radius 1 is 1.23 bits per heavy atom. The van der Waals surface area contributed by atoms with Crippen LogP contribution in [0.1, 0.15) is 17.1 Å². The van der Waals surface area contributed by atoms with Crippen molar-refractivity contribution < 1.29 is 9.50 Å². The maximum absolute atomic E-state index is 14.7. The lowest BCUT2D eigenvalue weighted by molar-refractivity contribution is 0.276. The average Bonchev–Trinajstić information content (AvgIpc) is 3.31. The third-order valence-electron chi connectivity index (χ3n) is 5.03. The van der Waals surface area contributed by atoms with Gasteiger partial charge in [0.05, 0.1) is 23.1 Å². The molecule has 0 spiro atoms. The van der Waals surface area contributed by atoms with Crippen LogP contribution in [0.25, 0.3) is 26.9 Å². The lowest BCUT2D eigenvalue weighted by Crippen LogP contribution is -2.26. The molecule has 0 saturated heterocycles. The van der Waals surface area contributed by atoms with Crippen LogP contribution in [-0.4, -0.2) is 34.4 Å². The van der Waals surface area contributed by atoms with Gasteiger partial charge in [0, 0.05) is 0 Å². The predicted octanol–water partition coefficient (Wildman–Crippen LogP) is 2.16. The summed E-state index contributed by atoms with van der Waals surface area (Å²) in [6, 6.07) is 6.02. The van der Waals surface area contributed by atoms with Crippen molar-refractivity contribution in [1.29, 1.82) is 0 Å². The van der Waals surface area contributed by atoms with E-state index < -0.39 is 5.82 Å². The Morgan fingerprint density at radius 2 is 2.03 bits per heavy atom. The topological polar surface area (TPSA) is 125 Å². The van der Waals surface area contributed by atoms with Crippen LogP contribution in [0.4, 0.5) is 10.2 Å². The van der Waals surface area contributed by atoms with Gasteiger partial charge >= 0.3 is 0 Å². The van der Waals surface area contributed by atoms with Crippen LogP contribution in [0, 0.1) is 12.7 Å². The number of aliphatic hydroxyl groups excluding tert-OH is 1. The highest BCUT2D eigenvalue weighted by Crippen LogP contribution is 2.25. The first-order valence-corrected chi connectivity index (χ1v) is 10.2. The van der Waals surface area contributed by atoms with Crippen molar-refractivity contribution in [2.75, 3.05) is 5.73 Å². The second-order valence-corrected chi connectivity index (χ2v) is 7.80. The molecule has 4 heterocycles. The monoisotopic (exact) mass is 437 g/mol. The quantitative estimate of drug-likeness (QED) is 0.441. The maximum atomic E-state index is 14.7. The van der Waals surface area contributed by atoms with E-state index in [9.17, 15) is 14.3 Å². The van der Waals surface area contributed by atoms with Crippen molar-refractivity contribution in [3.05, 3.63) is 69.2 Å². The zero-order valence-electron chi connectivity index (χ0n) is 16.3. The molecule has 31 heavy (non-hydrogen) atoms. The molecular weight excluding hydrogens is 421 g/mol. The summed E-state index contributed by atoms with van der Waals surface area (Å²) in [6.45, 7) is 1.46. The zero-order valence-corrected chi connectivity index (χ0v) is 17.1. The summed E-state index contributed by atoms with van der Waals surface area (Å²) in [4.78, 5) is 26.8. The van der Waals surface area contributed by atoms with Gasteiger partial charge in [-0.05, 0) is 30.0 Å². The maximum Gasteiger partial charge on any atom is 0.267 e. The van der Waals surface area contributed by atoms with Crippen molar-refractivity contribution in [2.45, 2.75) is 20.1 Å². The van der Waals surface area contributed by atoms with Crippen LogP contribution >= 0.6 is 11.3 Å². The Morgan fingerprint density at radius 3 is 2.81 bits per heavy atom. The van der Waals surface area contributed by atoms with Gasteiger partial charge in [0.15, 0.2) is 5.65 Å². The average molecular weight is 437 g/mol. The number of aryl methyl sites for hydroxylation is 1. The van der Waals surface area contributed by atoms with Crippen molar-refractivity contribution in [1.82, 2.24) is 29.3 Å². The molecule has 3 N–H and O–H groups in total. The first kappa shape index (κ1) is 19.3. The van der Waals surface area contributed by atoms with E-state index in [1.165, 1.54) is 39.0 Å². The molecule has 0 amide bonds. The van der Waals surface area contributed by atoms with Gasteiger partial charge in [-0.15, -0.1) is 11.3 Å². The number of aliphatic hydroxyl groups is 1. The van der Waals surface area contributed by atoms with Crippen molar-refractivity contribution in [2.24, 2.45) is 0 Å². The minimum Gasteiger partial charge on any atom is -0.390 e. The summed E-state index contributed by atoms with van der Waals surface area (Å²) in [5.41, 5.74) is 7.14. The van der Waals surface area contributed by atoms with E-state index in [-0.39, 0.29) is 36.0 Å². The van der Waals surface area contributed by atoms with Gasteiger partial charge in [0.1, 0.15) is 40.9 Å². The van der Waals surface area contributed by atoms with Gasteiger partial charge in [0.2, 0.25) is 0 Å². The summed E-state index contributed by atoms with van der Waals surface area (Å²) in [5, 5.41) is 16.8. The first-order chi connectivity index (χ1) is 15.0. The number of rotatable bonds is 4. The Labute approximate surface area is 178 Å². The highest BCUT2D eigenvalue weighted by molar-refractivity contribution is 7.16. The Bertz CT molecular complexity index is 1520. The number of thiophene rings is 1. The van der Waals surface area contributed by atoms with Crippen LogP contribution in [0.15, 0.2) is 40.8 Å². The fraction of sp³-hybridized carbons (Fsp3) is 0.150. The lowest BCUT2D eigenvalue weighted by Gasteiger charge is -2.14. The van der Waals surface area contributed by atoms with Gasteiger partial charge in [-0.3, -0.25) is 9.36 Å². The number of aromatic nitrogens is 6. The van der Waals surface area contributed by atoms with Gasteiger partial charge in [-0.1, -0.05) is 12.1 Å². The molecule has 0 bridgehead atoms. The van der Waals surface area contributed by atoms with Crippen LogP contribution < -0.4 is 11.3 Å². The number of nitrogens with zero attached hydrogens (tertiary/aromatic N) is 6. The van der Waals surface area contributed by atoms with E-state index in [4.69, 9.17) is 5.73 Å². The Hall–Kier alpha value is -3.70. The zero-order chi connectivity index (χ0) is 21.7. The normalized spacial score (nSPS) is 11.6. The van der Waals surface area contributed by atoms with E-state index in [0.717, 1.165) is 5.56 Å². The molecule has 0 aliphatic carbocycles. The molecule has 0 atom stereocenters. The molecule has 0 aliphatic heterocycles. The number of nitrogens with two attached hydrogens (primary N) is 1. The molecule has 0 unspecified atom stereocenters. The van der Waals surface area contributed by atoms with Crippen LogP contribution in [0.3, 0.4) is 0 Å². The van der Waals surface area contributed by atoms with E-state index in [0.29, 0.717) is 26.9 Å². The number of para-hydroxylation sites is 1. The number of fused-ring (bicyclic) bond motifs is 2. The second-order valence-electron chi connectivity index (χ2n) is 6.94. The third-order valence-corrected chi connectivity index (χ3v) is 6.02. The van der Waals surface area contributed by atoms with Crippen molar-refractivity contribution in [3.8, 4) is 5.69 Å². The summed E-state index contributed by atoms with van der Waals surface area (Å²) in [6.07, 6.45) is 1.29. The molecule has 0 fully saturated rings. The highest BCUT2D eigenvalue weighted by atomic mass is 32.1. The molecule has 1 aromatic carbocycles. The fourth-order valence-electron chi connectivity index (χ4n) is 3.62. The third kappa shape index (κ3) is 2.97. The second kappa shape index (κ2) is 7.22. The number of anilines is 1. The molecule has 0 saturated carbocycles. The number of benzene rings is 1. The van der Waals surface area contributed by atoms with Crippen LogP contribution in [0.2, 0.25) is 0 Å². The lowest BCUT2D eigenvalue weighted by atomic mass is 10.2. The van der Waals surface area contributed by atoms with E-state index >= 15 is 0 Å². The van der Waals surface area contributed by atoms with Gasteiger partial charge < -0.3 is 10.8 Å². The van der Waals surface area contributed by atoms with Gasteiger partial charge in [-0.2, -0.15) is 5.10 Å². The predicted molar refractivity (Wildman–Crippen MR) is 115 cm³/mol. The number of halogens is 1. The summed E-state index contributed by atoms with van der Waals surface area (Å²) in [5.74, 6) is -0.0903. The Balaban J connectivity index is 1.79. The molecule has 11 heteroatoms. The van der Waals surface area contributed by atoms with Crippen molar-refractivity contribution in [3.63, 3.8) is 0 Å². The molecule has 0 aliphatic rings. The van der Waals surface area contributed by atoms with Crippen LogP contribution in [0.5, 0.6) is 0 Å². The standard InChI is InChI=1S/C20H16FN7O2S/c1-10-8-31-19-15(10)20(30)28(13-5-3-2-4-11(13)21)14(25-19)6-27-18-16(12(7-29)26-27)17(22)23-9-24-18/h2-5,8-9,29H,6-7H2,1H3,(H2,22,23,24). The molecule has 4 aromatic heterocycles. The first-order valence-electron chi connectivity index (χ1n) is 9.31. The number of hydrogen-bond donors (Lipinski definition) is 2. The molecule has 5 rings (SSSR count). The smallest absolute Gasteiger partial charge is 0.267 e. The fourth-order valence-corrected chi connectivity index (χ4v) is 4.55. The molecule has 9 nitrogen and oxygen atoms in total. The Kier molecular flexibility index (Phi) is 4.49. The molecule has 5 aromatic rings. The van der Waals surface area contributed by atoms with Gasteiger partial charge in [-0.25, -0.2) is 24.0 Å². The van der Waals surface area contributed by atoms with Gasteiger partial charge in [0.25, 0.3) is 5.56 Å². The SMILES string of the molecule is Cc1csc2nc(Cn3nc(CO)c4c(N)ncnc43)n(-c3ccccc3F)c(=O)c12. The summed E-state index contributed by atoms with van der Waals surface area (Å²) >= 11 is 1.34. The minimum absolute atomic E-state index is 0.00339. The number of nitrogen functional groups attached to an aromatic ring is 1. The summed E-state index contributed by atoms with van der Waals surface area (Å²) in [7, 11) is 0. The van der Waals surface area contributed by atoms with E-state index in [2.05, 4.69) is 20.1 Å². The van der Waals surface area contributed by atoms with Crippen molar-refractivity contribution >= 4 is 38.4 Å².